The molecule has 22 heavy (non-hydrogen) atoms. The Kier molecular flexibility index (Phi) is 7.90. The largest absolute Gasteiger partial charge is 0.416 e. The van der Waals surface area contributed by atoms with Crippen molar-refractivity contribution in [2.75, 3.05) is 27.2 Å². The SMILES string of the molecule is CCCCCCNCC(c1ccc(C(F)(F)F)cc1)N(C)C. The highest BCUT2D eigenvalue weighted by Crippen LogP contribution is 2.30. The Bertz CT molecular complexity index is 413. The number of benzene rings is 1. The third-order valence-electron chi connectivity index (χ3n) is 3.79. The van der Waals surface area contributed by atoms with Gasteiger partial charge in [-0.05, 0) is 44.8 Å². The summed E-state index contributed by atoms with van der Waals surface area (Å²) >= 11 is 0. The Balaban J connectivity index is 2.56. The molecular weight excluding hydrogens is 289 g/mol. The van der Waals surface area contributed by atoms with Crippen LogP contribution in [0.2, 0.25) is 0 Å². The second-order valence-electron chi connectivity index (χ2n) is 5.86. The number of halogens is 3. The van der Waals surface area contributed by atoms with Crippen molar-refractivity contribution >= 4 is 0 Å². The zero-order chi connectivity index (χ0) is 16.6. The molecule has 0 amide bonds. The number of nitrogens with one attached hydrogen (secondary N) is 1. The third-order valence-corrected chi connectivity index (χ3v) is 3.79. The summed E-state index contributed by atoms with van der Waals surface area (Å²) < 4.78 is 37.8. The molecule has 126 valence electrons. The first kappa shape index (κ1) is 19.0. The van der Waals surface area contributed by atoms with E-state index in [1.54, 1.807) is 12.1 Å². The van der Waals surface area contributed by atoms with Gasteiger partial charge in [-0.25, -0.2) is 0 Å². The summed E-state index contributed by atoms with van der Waals surface area (Å²) in [7, 11) is 3.89. The first-order valence-electron chi connectivity index (χ1n) is 7.90. The van der Waals surface area contributed by atoms with E-state index in [2.05, 4.69) is 12.2 Å². The van der Waals surface area contributed by atoms with E-state index in [1.165, 1.54) is 19.3 Å². The van der Waals surface area contributed by atoms with Crippen LogP contribution in [0.25, 0.3) is 0 Å². The summed E-state index contributed by atoms with van der Waals surface area (Å²) in [5, 5.41) is 3.41. The van der Waals surface area contributed by atoms with Gasteiger partial charge >= 0.3 is 6.18 Å². The van der Waals surface area contributed by atoms with E-state index in [4.69, 9.17) is 0 Å². The molecule has 5 heteroatoms. The van der Waals surface area contributed by atoms with Crippen LogP contribution in [0.3, 0.4) is 0 Å². The summed E-state index contributed by atoms with van der Waals surface area (Å²) in [5.74, 6) is 0. The first-order chi connectivity index (χ1) is 10.4. The smallest absolute Gasteiger partial charge is 0.315 e. The molecule has 1 N–H and O–H groups in total. The number of hydrogen-bond donors (Lipinski definition) is 1. The lowest BCUT2D eigenvalue weighted by molar-refractivity contribution is -0.137. The monoisotopic (exact) mass is 316 g/mol. The van der Waals surface area contributed by atoms with Crippen LogP contribution in [-0.4, -0.2) is 32.1 Å². The number of unbranched alkanes of at least 4 members (excludes halogenated alkanes) is 3. The van der Waals surface area contributed by atoms with E-state index in [-0.39, 0.29) is 6.04 Å². The normalized spacial score (nSPS) is 13.6. The molecule has 2 nitrogen and oxygen atoms in total. The minimum atomic E-state index is -4.27. The van der Waals surface area contributed by atoms with Crippen LogP contribution in [0.1, 0.15) is 49.8 Å². The van der Waals surface area contributed by atoms with Crippen LogP contribution in [0.15, 0.2) is 24.3 Å². The molecule has 0 aromatic heterocycles. The van der Waals surface area contributed by atoms with Crippen molar-refractivity contribution in [2.45, 2.75) is 44.8 Å². The number of alkyl halides is 3. The quantitative estimate of drug-likeness (QED) is 0.676. The predicted octanol–water partition coefficient (Wildman–Crippen LogP) is 4.48. The minimum Gasteiger partial charge on any atom is -0.315 e. The Morgan fingerprint density at radius 2 is 1.68 bits per heavy atom. The second kappa shape index (κ2) is 9.16. The zero-order valence-electron chi connectivity index (χ0n) is 13.7. The number of hydrogen-bond acceptors (Lipinski definition) is 2. The minimum absolute atomic E-state index is 0.0773. The van der Waals surface area contributed by atoms with Crippen LogP contribution < -0.4 is 5.32 Å². The molecule has 0 aliphatic rings. The van der Waals surface area contributed by atoms with Gasteiger partial charge in [-0.3, -0.25) is 0 Å². The van der Waals surface area contributed by atoms with E-state index in [9.17, 15) is 13.2 Å². The van der Waals surface area contributed by atoms with Gasteiger partial charge in [-0.1, -0.05) is 38.3 Å². The molecule has 1 aromatic carbocycles. The van der Waals surface area contributed by atoms with Gasteiger partial charge in [0.15, 0.2) is 0 Å². The Labute approximate surface area is 131 Å². The lowest BCUT2D eigenvalue weighted by Crippen LogP contribution is -2.31. The van der Waals surface area contributed by atoms with Crippen LogP contribution in [-0.2, 0) is 6.18 Å². The van der Waals surface area contributed by atoms with Crippen molar-refractivity contribution in [3.8, 4) is 0 Å². The first-order valence-corrected chi connectivity index (χ1v) is 7.90. The van der Waals surface area contributed by atoms with Crippen molar-refractivity contribution < 1.29 is 13.2 Å². The fraction of sp³-hybridized carbons (Fsp3) is 0.647. The average molecular weight is 316 g/mol. The van der Waals surface area contributed by atoms with E-state index in [0.717, 1.165) is 37.2 Å². The van der Waals surface area contributed by atoms with Gasteiger partial charge < -0.3 is 10.2 Å². The van der Waals surface area contributed by atoms with Crippen molar-refractivity contribution in [1.82, 2.24) is 10.2 Å². The molecule has 0 spiro atoms. The van der Waals surface area contributed by atoms with Gasteiger partial charge in [-0.2, -0.15) is 13.2 Å². The Morgan fingerprint density at radius 1 is 1.05 bits per heavy atom. The molecule has 0 radical (unpaired) electrons. The predicted molar refractivity (Wildman–Crippen MR) is 84.9 cm³/mol. The van der Waals surface area contributed by atoms with Gasteiger partial charge in [0.25, 0.3) is 0 Å². The second-order valence-corrected chi connectivity index (χ2v) is 5.86. The molecule has 0 fully saturated rings. The van der Waals surface area contributed by atoms with Gasteiger partial charge in [0.05, 0.1) is 5.56 Å². The molecule has 0 saturated heterocycles. The summed E-state index contributed by atoms with van der Waals surface area (Å²) in [6.07, 6.45) is 0.546. The Morgan fingerprint density at radius 3 is 2.18 bits per heavy atom. The highest BCUT2D eigenvalue weighted by Gasteiger charge is 2.30. The van der Waals surface area contributed by atoms with E-state index in [0.29, 0.717) is 0 Å². The molecule has 1 rings (SSSR count). The molecule has 0 aliphatic heterocycles. The molecule has 1 atom stereocenters. The molecule has 0 saturated carbocycles. The summed E-state index contributed by atoms with van der Waals surface area (Å²) in [6, 6.07) is 5.55. The average Bonchev–Trinajstić information content (AvgIpc) is 2.45. The maximum Gasteiger partial charge on any atom is 0.416 e. The topological polar surface area (TPSA) is 15.3 Å². The highest BCUT2D eigenvalue weighted by molar-refractivity contribution is 5.27. The fourth-order valence-electron chi connectivity index (χ4n) is 2.41. The van der Waals surface area contributed by atoms with Crippen molar-refractivity contribution in [3.63, 3.8) is 0 Å². The third kappa shape index (κ3) is 6.36. The highest BCUT2D eigenvalue weighted by atomic mass is 19.4. The maximum absolute atomic E-state index is 12.6. The number of nitrogens with zero attached hydrogens (tertiary/aromatic N) is 1. The standard InChI is InChI=1S/C17H27F3N2/c1-4-5-6-7-12-21-13-16(22(2)3)14-8-10-15(11-9-14)17(18,19)20/h8-11,16,21H,4-7,12-13H2,1-3H3. The number of likely N-dealkylation sites (N-methyl/N-ethyl adjacent to an activating group) is 1. The van der Waals surface area contributed by atoms with Crippen LogP contribution in [0.5, 0.6) is 0 Å². The zero-order valence-corrected chi connectivity index (χ0v) is 13.7. The van der Waals surface area contributed by atoms with E-state index >= 15 is 0 Å². The summed E-state index contributed by atoms with van der Waals surface area (Å²) in [5.41, 5.74) is 0.306. The fourth-order valence-corrected chi connectivity index (χ4v) is 2.41. The lowest BCUT2D eigenvalue weighted by atomic mass is 10.0. The summed E-state index contributed by atoms with van der Waals surface area (Å²) in [4.78, 5) is 2.03. The van der Waals surface area contributed by atoms with Crippen LogP contribution >= 0.6 is 0 Å². The van der Waals surface area contributed by atoms with E-state index < -0.39 is 11.7 Å². The molecule has 0 heterocycles. The summed E-state index contributed by atoms with van der Waals surface area (Å²) in [6.45, 7) is 3.87. The molecule has 0 aliphatic carbocycles. The van der Waals surface area contributed by atoms with Crippen LogP contribution in [0.4, 0.5) is 13.2 Å². The van der Waals surface area contributed by atoms with Gasteiger partial charge in [0.2, 0.25) is 0 Å². The lowest BCUT2D eigenvalue weighted by Gasteiger charge is -2.25. The number of rotatable bonds is 9. The molecule has 1 unspecified atom stereocenters. The van der Waals surface area contributed by atoms with Crippen molar-refractivity contribution in [2.24, 2.45) is 0 Å². The van der Waals surface area contributed by atoms with Crippen molar-refractivity contribution in [3.05, 3.63) is 35.4 Å². The molecule has 0 bridgehead atoms. The van der Waals surface area contributed by atoms with Crippen LogP contribution in [0, 0.1) is 0 Å². The van der Waals surface area contributed by atoms with Gasteiger partial charge in [0, 0.05) is 12.6 Å². The van der Waals surface area contributed by atoms with E-state index in [1.807, 2.05) is 19.0 Å². The maximum atomic E-state index is 12.6. The Hall–Kier alpha value is -1.07. The van der Waals surface area contributed by atoms with Crippen molar-refractivity contribution in [1.29, 1.82) is 0 Å². The molecule has 1 aromatic rings. The van der Waals surface area contributed by atoms with Gasteiger partial charge in [-0.15, -0.1) is 0 Å². The molecular formula is C17H27F3N2. The van der Waals surface area contributed by atoms with Gasteiger partial charge in [0.1, 0.15) is 0 Å².